The van der Waals surface area contributed by atoms with Crippen molar-refractivity contribution in [1.29, 1.82) is 0 Å². The van der Waals surface area contributed by atoms with E-state index in [4.69, 9.17) is 5.73 Å². The number of hydrogen-bond donors (Lipinski definition) is 1. The third-order valence-corrected chi connectivity index (χ3v) is 4.27. The molecule has 3 heteroatoms. The quantitative estimate of drug-likeness (QED) is 0.887. The Morgan fingerprint density at radius 3 is 2.44 bits per heavy atom. The molecule has 1 aromatic rings. The van der Waals surface area contributed by atoms with Crippen molar-refractivity contribution in [2.24, 2.45) is 11.7 Å². The van der Waals surface area contributed by atoms with E-state index in [0.717, 1.165) is 10.4 Å². The molecule has 100 valence electrons. The minimum absolute atomic E-state index is 0.0735. The Morgan fingerprint density at radius 1 is 1.33 bits per heavy atom. The lowest BCUT2D eigenvalue weighted by atomic mass is 10.1. The highest BCUT2D eigenvalue weighted by Gasteiger charge is 2.25. The number of nitrogens with two attached hydrogens (primary N) is 1. The molecule has 1 aliphatic carbocycles. The van der Waals surface area contributed by atoms with Gasteiger partial charge in [-0.15, -0.1) is 0 Å². The zero-order chi connectivity index (χ0) is 13.3. The van der Waals surface area contributed by atoms with Gasteiger partial charge in [-0.1, -0.05) is 22.0 Å². The Hall–Kier alpha value is -0.540. The van der Waals surface area contributed by atoms with Crippen LogP contribution in [0.25, 0.3) is 0 Å². The molecule has 2 nitrogen and oxygen atoms in total. The van der Waals surface area contributed by atoms with Crippen LogP contribution in [0.4, 0.5) is 5.69 Å². The van der Waals surface area contributed by atoms with Gasteiger partial charge in [0.25, 0.3) is 0 Å². The summed E-state index contributed by atoms with van der Waals surface area (Å²) in [5, 5.41) is 0. The van der Waals surface area contributed by atoms with Crippen molar-refractivity contribution in [1.82, 2.24) is 0 Å². The Morgan fingerprint density at radius 2 is 2.00 bits per heavy atom. The molecular weight excluding hydrogens is 288 g/mol. The second-order valence-electron chi connectivity index (χ2n) is 5.68. The first-order chi connectivity index (χ1) is 8.49. The van der Waals surface area contributed by atoms with E-state index in [9.17, 15) is 0 Å². The van der Waals surface area contributed by atoms with E-state index in [1.807, 2.05) is 6.92 Å². The molecule has 1 aliphatic rings. The normalized spacial score (nSPS) is 17.0. The molecule has 0 saturated heterocycles. The minimum atomic E-state index is 0.0735. The average Bonchev–Trinajstić information content (AvgIpc) is 3.08. The molecule has 0 heterocycles. The molecule has 0 radical (unpaired) electrons. The lowest BCUT2D eigenvalue weighted by Gasteiger charge is -2.29. The van der Waals surface area contributed by atoms with E-state index < -0.39 is 0 Å². The largest absolute Gasteiger partial charge is 0.369 e. The number of rotatable bonds is 5. The minimum Gasteiger partial charge on any atom is -0.369 e. The van der Waals surface area contributed by atoms with Gasteiger partial charge in [-0.05, 0) is 57.2 Å². The Balaban J connectivity index is 2.21. The summed E-state index contributed by atoms with van der Waals surface area (Å²) in [6, 6.07) is 7.17. The second kappa shape index (κ2) is 5.62. The first-order valence-electron chi connectivity index (χ1n) is 6.80. The highest BCUT2D eigenvalue weighted by atomic mass is 79.9. The summed E-state index contributed by atoms with van der Waals surface area (Å²) in [4.78, 5) is 2.49. The lowest BCUT2D eigenvalue weighted by Crippen LogP contribution is -2.32. The summed E-state index contributed by atoms with van der Waals surface area (Å²) in [7, 11) is 0. The fraction of sp³-hybridized carbons (Fsp3) is 0.600. The number of nitrogens with zero attached hydrogens (tertiary/aromatic N) is 1. The Bertz CT molecular complexity index is 411. The second-order valence-corrected chi connectivity index (χ2v) is 6.54. The van der Waals surface area contributed by atoms with Crippen molar-refractivity contribution in [3.63, 3.8) is 0 Å². The molecule has 0 aliphatic heterocycles. The topological polar surface area (TPSA) is 29.3 Å². The van der Waals surface area contributed by atoms with Crippen molar-refractivity contribution in [3.8, 4) is 0 Å². The molecule has 0 spiro atoms. The third-order valence-electron chi connectivity index (χ3n) is 3.58. The molecule has 0 amide bonds. The predicted octanol–water partition coefficient (Wildman–Crippen LogP) is 4.09. The van der Waals surface area contributed by atoms with Crippen LogP contribution in [0.1, 0.15) is 45.2 Å². The van der Waals surface area contributed by atoms with E-state index in [-0.39, 0.29) is 6.04 Å². The molecule has 1 atom stereocenters. The van der Waals surface area contributed by atoms with Gasteiger partial charge >= 0.3 is 0 Å². The predicted molar refractivity (Wildman–Crippen MR) is 82.0 cm³/mol. The molecule has 2 N–H and O–H groups in total. The van der Waals surface area contributed by atoms with Crippen LogP contribution in [0, 0.1) is 5.92 Å². The van der Waals surface area contributed by atoms with Gasteiger partial charge < -0.3 is 10.6 Å². The Kier molecular flexibility index (Phi) is 4.33. The van der Waals surface area contributed by atoms with E-state index in [2.05, 4.69) is 52.9 Å². The summed E-state index contributed by atoms with van der Waals surface area (Å²) in [5.74, 6) is 0.902. The van der Waals surface area contributed by atoms with Crippen molar-refractivity contribution in [2.75, 3.05) is 11.4 Å². The van der Waals surface area contributed by atoms with Crippen LogP contribution in [0.2, 0.25) is 0 Å². The van der Waals surface area contributed by atoms with Crippen LogP contribution in [0.15, 0.2) is 22.7 Å². The molecule has 1 fully saturated rings. The van der Waals surface area contributed by atoms with Crippen LogP contribution in [0.3, 0.4) is 0 Å². The molecule has 2 rings (SSSR count). The van der Waals surface area contributed by atoms with E-state index in [1.54, 1.807) is 0 Å². The number of benzene rings is 1. The standard InChI is InChI=1S/C15H23BrN2/c1-10(2)18(9-12-4-5-12)13-6-7-14(11(3)17)15(16)8-13/h6-8,10-12H,4-5,9,17H2,1-3H3/t11-/m1/s1. The maximum atomic E-state index is 5.95. The van der Waals surface area contributed by atoms with E-state index in [0.29, 0.717) is 6.04 Å². The smallest absolute Gasteiger partial charge is 0.0380 e. The highest BCUT2D eigenvalue weighted by Crippen LogP contribution is 2.34. The van der Waals surface area contributed by atoms with E-state index >= 15 is 0 Å². The maximum Gasteiger partial charge on any atom is 0.0380 e. The van der Waals surface area contributed by atoms with Crippen molar-refractivity contribution in [3.05, 3.63) is 28.2 Å². The maximum absolute atomic E-state index is 5.95. The summed E-state index contributed by atoms with van der Waals surface area (Å²) >= 11 is 3.64. The highest BCUT2D eigenvalue weighted by molar-refractivity contribution is 9.10. The van der Waals surface area contributed by atoms with Crippen LogP contribution < -0.4 is 10.6 Å². The first kappa shape index (κ1) is 13.9. The van der Waals surface area contributed by atoms with Gasteiger partial charge in [-0.25, -0.2) is 0 Å². The van der Waals surface area contributed by atoms with Crippen molar-refractivity contribution in [2.45, 2.75) is 45.7 Å². The van der Waals surface area contributed by atoms with Crippen molar-refractivity contribution >= 4 is 21.6 Å². The first-order valence-corrected chi connectivity index (χ1v) is 7.60. The molecule has 1 aromatic carbocycles. The molecular formula is C15H23BrN2. The van der Waals surface area contributed by atoms with Gasteiger partial charge in [0.05, 0.1) is 0 Å². The zero-order valence-electron chi connectivity index (χ0n) is 11.5. The Labute approximate surface area is 119 Å². The van der Waals surface area contributed by atoms with Gasteiger partial charge in [0.2, 0.25) is 0 Å². The SMILES string of the molecule is CC(C)N(CC1CC1)c1ccc([C@@H](C)N)c(Br)c1. The summed E-state index contributed by atoms with van der Waals surface area (Å²) in [6.07, 6.45) is 2.78. The monoisotopic (exact) mass is 310 g/mol. The molecule has 0 bridgehead atoms. The molecule has 1 saturated carbocycles. The average molecular weight is 311 g/mol. The molecule has 0 unspecified atom stereocenters. The third kappa shape index (κ3) is 3.27. The summed E-state index contributed by atoms with van der Waals surface area (Å²) in [6.45, 7) is 7.72. The number of halogens is 1. The molecule has 18 heavy (non-hydrogen) atoms. The van der Waals surface area contributed by atoms with Gasteiger partial charge in [-0.2, -0.15) is 0 Å². The summed E-state index contributed by atoms with van der Waals surface area (Å²) in [5.41, 5.74) is 8.42. The van der Waals surface area contributed by atoms with E-state index in [1.165, 1.54) is 30.6 Å². The number of hydrogen-bond acceptors (Lipinski definition) is 2. The van der Waals surface area contributed by atoms with Crippen LogP contribution >= 0.6 is 15.9 Å². The van der Waals surface area contributed by atoms with Crippen molar-refractivity contribution < 1.29 is 0 Å². The summed E-state index contributed by atoms with van der Waals surface area (Å²) < 4.78 is 1.12. The van der Waals surface area contributed by atoms with Crippen LogP contribution in [-0.2, 0) is 0 Å². The van der Waals surface area contributed by atoms with Gasteiger partial charge in [0.15, 0.2) is 0 Å². The zero-order valence-corrected chi connectivity index (χ0v) is 13.1. The van der Waals surface area contributed by atoms with Gasteiger partial charge in [-0.3, -0.25) is 0 Å². The number of anilines is 1. The fourth-order valence-corrected chi connectivity index (χ4v) is 2.98. The van der Waals surface area contributed by atoms with Crippen LogP contribution in [0.5, 0.6) is 0 Å². The fourth-order valence-electron chi connectivity index (χ4n) is 2.26. The lowest BCUT2D eigenvalue weighted by molar-refractivity contribution is 0.644. The van der Waals surface area contributed by atoms with Gasteiger partial charge in [0, 0.05) is 28.8 Å². The molecule has 0 aromatic heterocycles. The van der Waals surface area contributed by atoms with Gasteiger partial charge in [0.1, 0.15) is 0 Å². The van der Waals surface area contributed by atoms with Crippen LogP contribution in [-0.4, -0.2) is 12.6 Å².